The number of hydrogen-bond donors (Lipinski definition) is 2. The summed E-state index contributed by atoms with van der Waals surface area (Å²) in [5.41, 5.74) is 4.63. The molecule has 1 rings (SSSR count). The third-order valence-corrected chi connectivity index (χ3v) is 3.77. The van der Waals surface area contributed by atoms with Crippen LogP contribution in [-0.2, 0) is 14.4 Å². The maximum absolute atomic E-state index is 11.7. The highest BCUT2D eigenvalue weighted by Gasteiger charge is 2.40. The van der Waals surface area contributed by atoms with Crippen LogP contribution in [0.1, 0.15) is 13.3 Å². The lowest BCUT2D eigenvalue weighted by molar-refractivity contribution is -0.134. The minimum atomic E-state index is -0.939. The fraction of sp³-hybridized carbons (Fsp3) is 0.700. The summed E-state index contributed by atoms with van der Waals surface area (Å²) in [7, 11) is 0. The molecule has 0 aromatic carbocycles. The van der Waals surface area contributed by atoms with E-state index in [4.69, 9.17) is 10.8 Å². The number of hydrogen-bond acceptors (Lipinski definition) is 4. The average Bonchev–Trinajstić information content (AvgIpc) is 2.62. The Kier molecular flexibility index (Phi) is 4.39. The van der Waals surface area contributed by atoms with Crippen LogP contribution >= 0.6 is 11.8 Å². The fourth-order valence-corrected chi connectivity index (χ4v) is 2.33. The summed E-state index contributed by atoms with van der Waals surface area (Å²) in [6.45, 7) is 2.58. The van der Waals surface area contributed by atoms with Crippen LogP contribution in [-0.4, -0.2) is 52.4 Å². The molecule has 0 aromatic heterocycles. The van der Waals surface area contributed by atoms with E-state index < -0.39 is 17.3 Å². The van der Waals surface area contributed by atoms with E-state index in [-0.39, 0.29) is 17.4 Å². The summed E-state index contributed by atoms with van der Waals surface area (Å²) < 4.78 is 0. The summed E-state index contributed by atoms with van der Waals surface area (Å²) in [5.74, 6) is -1.44. The Morgan fingerprint density at radius 2 is 2.06 bits per heavy atom. The van der Waals surface area contributed by atoms with Gasteiger partial charge in [-0.25, -0.2) is 0 Å². The number of nitrogens with two attached hydrogens (primary N) is 1. The molecule has 6 nitrogen and oxygen atoms in total. The molecule has 96 valence electrons. The number of carbonyl (C=O) groups is 3. The highest BCUT2D eigenvalue weighted by Crippen LogP contribution is 2.29. The van der Waals surface area contributed by atoms with Crippen molar-refractivity contribution in [3.05, 3.63) is 0 Å². The number of likely N-dealkylation sites (tertiary alicyclic amines) is 1. The minimum Gasteiger partial charge on any atom is -0.481 e. The predicted octanol–water partition coefficient (Wildman–Crippen LogP) is -0.472. The molecule has 1 fully saturated rings. The van der Waals surface area contributed by atoms with E-state index in [1.54, 1.807) is 11.8 Å². The van der Waals surface area contributed by atoms with Crippen molar-refractivity contribution >= 4 is 29.5 Å². The zero-order valence-corrected chi connectivity index (χ0v) is 10.5. The number of carbonyl (C=O) groups excluding carboxylic acids is 2. The van der Waals surface area contributed by atoms with Gasteiger partial charge in [-0.05, 0) is 13.3 Å². The molecule has 3 N–H and O–H groups in total. The molecule has 0 aliphatic carbocycles. The molecule has 0 saturated carbocycles. The lowest BCUT2D eigenvalue weighted by Gasteiger charge is -2.20. The van der Waals surface area contributed by atoms with Gasteiger partial charge in [-0.1, -0.05) is 0 Å². The van der Waals surface area contributed by atoms with Gasteiger partial charge in [-0.3, -0.25) is 14.4 Å². The van der Waals surface area contributed by atoms with Gasteiger partial charge in [-0.2, -0.15) is 0 Å². The van der Waals surface area contributed by atoms with Crippen LogP contribution < -0.4 is 5.73 Å². The lowest BCUT2D eigenvalue weighted by atomic mass is 9.89. The van der Waals surface area contributed by atoms with E-state index in [2.05, 4.69) is 0 Å². The van der Waals surface area contributed by atoms with Gasteiger partial charge in [0.25, 0.3) is 0 Å². The fourth-order valence-electron chi connectivity index (χ4n) is 1.69. The molecule has 1 aliphatic rings. The van der Waals surface area contributed by atoms with Gasteiger partial charge in [0.05, 0.1) is 16.9 Å². The molecule has 1 saturated heterocycles. The number of aliphatic carboxylic acids is 1. The van der Waals surface area contributed by atoms with Gasteiger partial charge in [-0.15, -0.1) is 11.8 Å². The van der Waals surface area contributed by atoms with Crippen molar-refractivity contribution in [2.75, 3.05) is 24.6 Å². The van der Waals surface area contributed by atoms with Crippen molar-refractivity contribution in [3.8, 4) is 0 Å². The number of carboxylic acid groups (broad SMARTS) is 1. The Morgan fingerprint density at radius 3 is 2.53 bits per heavy atom. The van der Waals surface area contributed by atoms with Gasteiger partial charge in [0.1, 0.15) is 0 Å². The first-order valence-electron chi connectivity index (χ1n) is 5.22. The monoisotopic (exact) mass is 260 g/mol. The van der Waals surface area contributed by atoms with Crippen molar-refractivity contribution in [2.24, 2.45) is 11.1 Å². The van der Waals surface area contributed by atoms with Crippen molar-refractivity contribution in [1.29, 1.82) is 0 Å². The largest absolute Gasteiger partial charge is 0.481 e. The van der Waals surface area contributed by atoms with Gasteiger partial charge < -0.3 is 15.7 Å². The second-order valence-corrected chi connectivity index (χ2v) is 5.36. The Hall–Kier alpha value is -1.24. The molecule has 1 heterocycles. The second kappa shape index (κ2) is 5.39. The molecule has 0 spiro atoms. The van der Waals surface area contributed by atoms with E-state index in [0.717, 1.165) is 11.8 Å². The van der Waals surface area contributed by atoms with Gasteiger partial charge in [0.15, 0.2) is 0 Å². The summed E-state index contributed by atoms with van der Waals surface area (Å²) in [6.07, 6.45) is 0.567. The molecule has 7 heteroatoms. The lowest BCUT2D eigenvalue weighted by Crippen LogP contribution is -2.39. The number of thioether (sulfide) groups is 1. The first-order valence-corrected chi connectivity index (χ1v) is 6.38. The molecular formula is C10H16N2O4S. The molecule has 1 atom stereocenters. The zero-order chi connectivity index (χ0) is 13.1. The summed E-state index contributed by atoms with van der Waals surface area (Å²) in [6, 6.07) is 0. The maximum Gasteiger partial charge on any atom is 0.313 e. The quantitative estimate of drug-likeness (QED) is 0.696. The van der Waals surface area contributed by atoms with E-state index in [9.17, 15) is 14.4 Å². The van der Waals surface area contributed by atoms with Crippen molar-refractivity contribution in [2.45, 2.75) is 13.3 Å². The van der Waals surface area contributed by atoms with Crippen LogP contribution in [0.4, 0.5) is 0 Å². The Bertz CT molecular complexity index is 347. The highest BCUT2D eigenvalue weighted by molar-refractivity contribution is 8.00. The predicted molar refractivity (Wildman–Crippen MR) is 63.5 cm³/mol. The van der Waals surface area contributed by atoms with Crippen molar-refractivity contribution < 1.29 is 19.5 Å². The number of amides is 2. The Morgan fingerprint density at radius 1 is 1.41 bits per heavy atom. The zero-order valence-electron chi connectivity index (χ0n) is 9.64. The normalized spacial score (nSPS) is 23.7. The summed E-state index contributed by atoms with van der Waals surface area (Å²) >= 11 is 1.06. The highest BCUT2D eigenvalue weighted by atomic mass is 32.2. The topological polar surface area (TPSA) is 101 Å². The molecule has 2 amide bonds. The standard InChI is InChI=1S/C10H16N2O4S/c1-10(9(11)16)2-3-12(6-10)7(13)4-17-5-8(14)15/h2-6H2,1H3,(H2,11,16)(H,14,15). The van der Waals surface area contributed by atoms with Crippen LogP contribution in [0.5, 0.6) is 0 Å². The Labute approximate surface area is 104 Å². The first kappa shape index (κ1) is 13.8. The van der Waals surface area contributed by atoms with Gasteiger partial charge >= 0.3 is 5.97 Å². The molecule has 0 bridgehead atoms. The van der Waals surface area contributed by atoms with Gasteiger partial charge in [0, 0.05) is 13.1 Å². The van der Waals surface area contributed by atoms with E-state index in [1.807, 2.05) is 0 Å². The minimum absolute atomic E-state index is 0.0906. The third kappa shape index (κ3) is 3.62. The van der Waals surface area contributed by atoms with Crippen LogP contribution in [0.2, 0.25) is 0 Å². The molecule has 1 unspecified atom stereocenters. The summed E-state index contributed by atoms with van der Waals surface area (Å²) in [4.78, 5) is 34.8. The maximum atomic E-state index is 11.7. The van der Waals surface area contributed by atoms with Crippen LogP contribution in [0.25, 0.3) is 0 Å². The second-order valence-electron chi connectivity index (χ2n) is 4.38. The van der Waals surface area contributed by atoms with Crippen LogP contribution in [0.3, 0.4) is 0 Å². The smallest absolute Gasteiger partial charge is 0.313 e. The SMILES string of the molecule is CC1(C(N)=O)CCN(C(=O)CSCC(=O)O)C1. The van der Waals surface area contributed by atoms with Crippen molar-refractivity contribution in [3.63, 3.8) is 0 Å². The number of rotatable bonds is 5. The van der Waals surface area contributed by atoms with Gasteiger partial charge in [0.2, 0.25) is 11.8 Å². The van der Waals surface area contributed by atoms with Crippen molar-refractivity contribution in [1.82, 2.24) is 4.90 Å². The molecule has 1 aliphatic heterocycles. The van der Waals surface area contributed by atoms with E-state index in [0.29, 0.717) is 19.5 Å². The first-order chi connectivity index (χ1) is 7.85. The Balaban J connectivity index is 2.40. The van der Waals surface area contributed by atoms with Crippen LogP contribution in [0.15, 0.2) is 0 Å². The number of nitrogens with zero attached hydrogens (tertiary/aromatic N) is 1. The molecule has 0 radical (unpaired) electrons. The van der Waals surface area contributed by atoms with E-state index in [1.165, 1.54) is 0 Å². The molecular weight excluding hydrogens is 244 g/mol. The summed E-state index contributed by atoms with van der Waals surface area (Å²) in [5, 5.41) is 8.44. The number of primary amides is 1. The van der Waals surface area contributed by atoms with E-state index >= 15 is 0 Å². The molecule has 17 heavy (non-hydrogen) atoms. The molecule has 0 aromatic rings. The number of carboxylic acids is 1. The van der Waals surface area contributed by atoms with Crippen LogP contribution in [0, 0.1) is 5.41 Å². The average molecular weight is 260 g/mol. The third-order valence-electron chi connectivity index (χ3n) is 2.87.